The fourth-order valence-electron chi connectivity index (χ4n) is 2.24. The molecule has 0 saturated heterocycles. The molecule has 0 unspecified atom stereocenters. The van der Waals surface area contributed by atoms with Crippen molar-refractivity contribution in [1.82, 2.24) is 15.2 Å². The summed E-state index contributed by atoms with van der Waals surface area (Å²) in [4.78, 5) is 15.6. The number of H-pyrrole nitrogens is 1. The molecule has 104 valence electrons. The second kappa shape index (κ2) is 5.07. The molecule has 0 spiro atoms. The number of carbonyl (C=O) groups excluding carboxylic acids is 1. The standard InChI is InChI=1S/C15H17N3O2/c1-9-3-4-13(16-7-9)12-5-11(12)8-20-15-6-14(10(2)19)17-18-15/h3-4,6-7,11-12H,5,8H2,1-2H3,(H,17,18)/t11-,12+/m0/s1. The smallest absolute Gasteiger partial charge is 0.233 e. The van der Waals surface area contributed by atoms with Crippen LogP contribution in [0.4, 0.5) is 0 Å². The highest BCUT2D eigenvalue weighted by Gasteiger charge is 2.40. The lowest BCUT2D eigenvalue weighted by Gasteiger charge is -2.02. The summed E-state index contributed by atoms with van der Waals surface area (Å²) in [7, 11) is 0. The topological polar surface area (TPSA) is 67.9 Å². The Morgan fingerprint density at radius 2 is 2.35 bits per heavy atom. The lowest BCUT2D eigenvalue weighted by Crippen LogP contribution is -2.01. The third-order valence-corrected chi connectivity index (χ3v) is 3.62. The fraction of sp³-hybridized carbons (Fsp3) is 0.400. The van der Waals surface area contributed by atoms with Crippen LogP contribution in [0.25, 0.3) is 0 Å². The average molecular weight is 271 g/mol. The second-order valence-electron chi connectivity index (χ2n) is 5.35. The molecule has 2 atom stereocenters. The number of ketones is 1. The Morgan fingerprint density at radius 1 is 1.50 bits per heavy atom. The molecular weight excluding hydrogens is 254 g/mol. The van der Waals surface area contributed by atoms with Crippen LogP contribution in [-0.2, 0) is 0 Å². The predicted octanol–water partition coefficient (Wildman–Crippen LogP) is 2.50. The Balaban J connectivity index is 1.53. The molecule has 1 aliphatic carbocycles. The van der Waals surface area contributed by atoms with Crippen LogP contribution in [0.1, 0.15) is 41.0 Å². The van der Waals surface area contributed by atoms with Gasteiger partial charge in [0.2, 0.25) is 5.88 Å². The number of aromatic amines is 1. The van der Waals surface area contributed by atoms with Gasteiger partial charge in [0.05, 0.1) is 6.61 Å². The van der Waals surface area contributed by atoms with Crippen LogP contribution < -0.4 is 4.74 Å². The molecule has 0 radical (unpaired) electrons. The highest BCUT2D eigenvalue weighted by Crippen LogP contribution is 2.46. The molecule has 0 aliphatic heterocycles. The first kappa shape index (κ1) is 12.8. The molecule has 0 bridgehead atoms. The van der Waals surface area contributed by atoms with E-state index in [1.807, 2.05) is 13.1 Å². The molecular formula is C15H17N3O2. The van der Waals surface area contributed by atoms with Gasteiger partial charge in [-0.3, -0.25) is 14.9 Å². The van der Waals surface area contributed by atoms with E-state index in [2.05, 4.69) is 27.3 Å². The number of aromatic nitrogens is 3. The van der Waals surface area contributed by atoms with E-state index in [-0.39, 0.29) is 5.78 Å². The summed E-state index contributed by atoms with van der Waals surface area (Å²) in [6.07, 6.45) is 3.00. The van der Waals surface area contributed by atoms with E-state index in [1.54, 1.807) is 6.07 Å². The summed E-state index contributed by atoms with van der Waals surface area (Å²) >= 11 is 0. The van der Waals surface area contributed by atoms with Crippen LogP contribution in [0.3, 0.4) is 0 Å². The van der Waals surface area contributed by atoms with Crippen molar-refractivity contribution < 1.29 is 9.53 Å². The highest BCUT2D eigenvalue weighted by molar-refractivity contribution is 5.92. The lowest BCUT2D eigenvalue weighted by atomic mass is 10.2. The van der Waals surface area contributed by atoms with Crippen LogP contribution in [0, 0.1) is 12.8 Å². The summed E-state index contributed by atoms with van der Waals surface area (Å²) in [6, 6.07) is 5.82. The maximum Gasteiger partial charge on any atom is 0.233 e. The molecule has 2 heterocycles. The number of Topliss-reactive ketones (excluding diaryl/α,β-unsaturated/α-hetero) is 1. The Bertz CT molecular complexity index is 618. The molecule has 5 heteroatoms. The number of carbonyl (C=O) groups is 1. The van der Waals surface area contributed by atoms with Gasteiger partial charge in [0.25, 0.3) is 0 Å². The molecule has 3 rings (SSSR count). The first-order chi connectivity index (χ1) is 9.63. The predicted molar refractivity (Wildman–Crippen MR) is 73.9 cm³/mol. The minimum Gasteiger partial charge on any atom is -0.476 e. The van der Waals surface area contributed by atoms with Gasteiger partial charge in [0.15, 0.2) is 5.78 Å². The number of hydrogen-bond donors (Lipinski definition) is 1. The molecule has 20 heavy (non-hydrogen) atoms. The molecule has 5 nitrogen and oxygen atoms in total. The van der Waals surface area contributed by atoms with Crippen LogP contribution in [0.5, 0.6) is 5.88 Å². The minimum atomic E-state index is -0.0412. The monoisotopic (exact) mass is 271 g/mol. The molecule has 1 saturated carbocycles. The minimum absolute atomic E-state index is 0.0412. The Labute approximate surface area is 117 Å². The fourth-order valence-corrected chi connectivity index (χ4v) is 2.24. The molecule has 1 N–H and O–H groups in total. The van der Waals surface area contributed by atoms with Crippen LogP contribution >= 0.6 is 0 Å². The number of aryl methyl sites for hydroxylation is 1. The van der Waals surface area contributed by atoms with Crippen molar-refractivity contribution in [2.75, 3.05) is 6.61 Å². The van der Waals surface area contributed by atoms with E-state index in [1.165, 1.54) is 12.5 Å². The molecule has 0 amide bonds. The largest absolute Gasteiger partial charge is 0.476 e. The number of pyridine rings is 1. The van der Waals surface area contributed by atoms with Crippen molar-refractivity contribution in [2.45, 2.75) is 26.2 Å². The number of rotatable bonds is 5. The van der Waals surface area contributed by atoms with E-state index < -0.39 is 0 Å². The van der Waals surface area contributed by atoms with E-state index in [9.17, 15) is 4.79 Å². The molecule has 2 aromatic heterocycles. The summed E-state index contributed by atoms with van der Waals surface area (Å²) in [5, 5.41) is 6.62. The first-order valence-corrected chi connectivity index (χ1v) is 6.75. The van der Waals surface area contributed by atoms with Crippen molar-refractivity contribution in [1.29, 1.82) is 0 Å². The summed E-state index contributed by atoms with van der Waals surface area (Å²) < 4.78 is 5.61. The van der Waals surface area contributed by atoms with E-state index >= 15 is 0 Å². The number of hydrogen-bond acceptors (Lipinski definition) is 4. The van der Waals surface area contributed by atoms with Crippen molar-refractivity contribution in [2.24, 2.45) is 5.92 Å². The van der Waals surface area contributed by atoms with Crippen molar-refractivity contribution in [3.63, 3.8) is 0 Å². The SMILES string of the molecule is CC(=O)c1cc(OC[C@@H]2C[C@H]2c2ccc(C)cn2)n[nH]1. The van der Waals surface area contributed by atoms with E-state index in [0.717, 1.165) is 12.1 Å². The van der Waals surface area contributed by atoms with E-state index in [4.69, 9.17) is 4.74 Å². The zero-order chi connectivity index (χ0) is 14.1. The maximum atomic E-state index is 11.1. The number of ether oxygens (including phenoxy) is 1. The molecule has 0 aromatic carbocycles. The summed E-state index contributed by atoms with van der Waals surface area (Å²) in [6.45, 7) is 4.15. The average Bonchev–Trinajstić information content (AvgIpc) is 3.04. The van der Waals surface area contributed by atoms with Gasteiger partial charge in [0, 0.05) is 36.7 Å². The van der Waals surface area contributed by atoms with E-state index in [0.29, 0.717) is 30.0 Å². The summed E-state index contributed by atoms with van der Waals surface area (Å²) in [5.41, 5.74) is 2.79. The lowest BCUT2D eigenvalue weighted by molar-refractivity contribution is 0.101. The van der Waals surface area contributed by atoms with Crippen LogP contribution in [-0.4, -0.2) is 27.6 Å². The number of nitrogens with one attached hydrogen (secondary N) is 1. The first-order valence-electron chi connectivity index (χ1n) is 6.75. The summed E-state index contributed by atoms with van der Waals surface area (Å²) in [5.74, 6) is 1.42. The quantitative estimate of drug-likeness (QED) is 0.848. The Hall–Kier alpha value is -2.17. The zero-order valence-corrected chi connectivity index (χ0v) is 11.6. The number of nitrogens with zero attached hydrogens (tertiary/aromatic N) is 2. The van der Waals surface area contributed by atoms with Gasteiger partial charge >= 0.3 is 0 Å². The molecule has 1 fully saturated rings. The van der Waals surface area contributed by atoms with Crippen molar-refractivity contribution in [3.05, 3.63) is 41.3 Å². The van der Waals surface area contributed by atoms with Gasteiger partial charge < -0.3 is 4.74 Å². The Kier molecular flexibility index (Phi) is 3.26. The van der Waals surface area contributed by atoms with Crippen LogP contribution in [0.2, 0.25) is 0 Å². The molecule has 2 aromatic rings. The Morgan fingerprint density at radius 3 is 3.00 bits per heavy atom. The van der Waals surface area contributed by atoms with Gasteiger partial charge in [0.1, 0.15) is 5.69 Å². The van der Waals surface area contributed by atoms with Gasteiger partial charge in [-0.1, -0.05) is 6.07 Å². The van der Waals surface area contributed by atoms with Gasteiger partial charge in [-0.15, -0.1) is 5.10 Å². The van der Waals surface area contributed by atoms with Gasteiger partial charge in [-0.25, -0.2) is 0 Å². The maximum absolute atomic E-state index is 11.1. The second-order valence-corrected chi connectivity index (χ2v) is 5.35. The van der Waals surface area contributed by atoms with Crippen LogP contribution in [0.15, 0.2) is 24.4 Å². The van der Waals surface area contributed by atoms with Gasteiger partial charge in [-0.2, -0.15) is 0 Å². The third-order valence-electron chi connectivity index (χ3n) is 3.62. The van der Waals surface area contributed by atoms with Gasteiger partial charge in [-0.05, 0) is 25.0 Å². The van der Waals surface area contributed by atoms with Crippen molar-refractivity contribution in [3.8, 4) is 5.88 Å². The normalized spacial score (nSPS) is 20.7. The highest BCUT2D eigenvalue weighted by atomic mass is 16.5. The zero-order valence-electron chi connectivity index (χ0n) is 11.6. The molecule has 1 aliphatic rings. The third kappa shape index (κ3) is 2.71. The van der Waals surface area contributed by atoms with Crippen molar-refractivity contribution >= 4 is 5.78 Å².